The molecule has 7 heteroatoms. The fourth-order valence-corrected chi connectivity index (χ4v) is 1.71. The number of hydrazone groups is 1. The molecule has 0 aliphatic carbocycles. The molecule has 0 radical (unpaired) electrons. The summed E-state index contributed by atoms with van der Waals surface area (Å²) in [5.41, 5.74) is 2.94. The van der Waals surface area contributed by atoms with Gasteiger partial charge in [-0.2, -0.15) is 18.3 Å². The molecule has 0 aromatic heterocycles. The second-order valence-corrected chi connectivity index (χ2v) is 4.56. The van der Waals surface area contributed by atoms with E-state index in [2.05, 4.69) is 10.5 Å². The van der Waals surface area contributed by atoms with Gasteiger partial charge in [-0.15, -0.1) is 0 Å². The normalized spacial score (nSPS) is 11.8. The number of benzene rings is 2. The van der Waals surface area contributed by atoms with E-state index in [0.29, 0.717) is 11.3 Å². The SMILES string of the molecule is Oc1ccc(C=NNc2ccc(C(F)(F)F)cc2)cc1Cl. The van der Waals surface area contributed by atoms with Gasteiger partial charge in [-0.1, -0.05) is 11.6 Å². The lowest BCUT2D eigenvalue weighted by Gasteiger charge is -2.07. The fourth-order valence-electron chi connectivity index (χ4n) is 1.52. The van der Waals surface area contributed by atoms with E-state index in [-0.39, 0.29) is 10.8 Å². The minimum atomic E-state index is -4.36. The zero-order chi connectivity index (χ0) is 15.5. The van der Waals surface area contributed by atoms with Gasteiger partial charge in [0.25, 0.3) is 0 Å². The first-order valence-electron chi connectivity index (χ1n) is 5.81. The van der Waals surface area contributed by atoms with Crippen molar-refractivity contribution in [2.45, 2.75) is 6.18 Å². The molecule has 110 valence electrons. The Morgan fingerprint density at radius 2 is 1.76 bits per heavy atom. The highest BCUT2D eigenvalue weighted by atomic mass is 35.5. The fraction of sp³-hybridized carbons (Fsp3) is 0.0714. The van der Waals surface area contributed by atoms with Crippen molar-refractivity contribution in [2.75, 3.05) is 5.43 Å². The van der Waals surface area contributed by atoms with E-state index in [9.17, 15) is 18.3 Å². The molecular formula is C14H10ClF3N2O. The third kappa shape index (κ3) is 4.13. The molecule has 2 N–H and O–H groups in total. The van der Waals surface area contributed by atoms with Crippen LogP contribution in [-0.2, 0) is 6.18 Å². The monoisotopic (exact) mass is 314 g/mol. The van der Waals surface area contributed by atoms with E-state index in [1.165, 1.54) is 30.5 Å². The van der Waals surface area contributed by atoms with Crippen LogP contribution in [0.2, 0.25) is 5.02 Å². The second-order valence-electron chi connectivity index (χ2n) is 4.16. The predicted molar refractivity (Wildman–Crippen MR) is 75.8 cm³/mol. The van der Waals surface area contributed by atoms with E-state index >= 15 is 0 Å². The number of rotatable bonds is 3. The van der Waals surface area contributed by atoms with Crippen LogP contribution >= 0.6 is 11.6 Å². The van der Waals surface area contributed by atoms with E-state index in [1.807, 2.05) is 0 Å². The summed E-state index contributed by atoms with van der Waals surface area (Å²) >= 11 is 5.73. The van der Waals surface area contributed by atoms with Crippen molar-refractivity contribution in [1.29, 1.82) is 0 Å². The second kappa shape index (κ2) is 6.05. The topological polar surface area (TPSA) is 44.6 Å². The van der Waals surface area contributed by atoms with Crippen LogP contribution in [0.1, 0.15) is 11.1 Å². The van der Waals surface area contributed by atoms with Crippen LogP contribution in [0.15, 0.2) is 47.6 Å². The number of halogens is 4. The number of phenolic OH excluding ortho intramolecular Hbond substituents is 1. The molecule has 0 aliphatic rings. The maximum absolute atomic E-state index is 12.4. The number of hydrogen-bond donors (Lipinski definition) is 2. The molecule has 2 aromatic carbocycles. The Bertz CT molecular complexity index is 654. The number of alkyl halides is 3. The number of nitrogens with zero attached hydrogens (tertiary/aromatic N) is 1. The molecule has 0 heterocycles. The van der Waals surface area contributed by atoms with Gasteiger partial charge in [0.05, 0.1) is 22.5 Å². The molecule has 21 heavy (non-hydrogen) atoms. The van der Waals surface area contributed by atoms with Gasteiger partial charge in [0.15, 0.2) is 0 Å². The Morgan fingerprint density at radius 3 is 2.33 bits per heavy atom. The maximum Gasteiger partial charge on any atom is 0.416 e. The number of hydrogen-bond acceptors (Lipinski definition) is 3. The summed E-state index contributed by atoms with van der Waals surface area (Å²) in [6, 6.07) is 9.02. The molecule has 0 fully saturated rings. The highest BCUT2D eigenvalue weighted by Gasteiger charge is 2.29. The van der Waals surface area contributed by atoms with Gasteiger partial charge in [0, 0.05) is 0 Å². The van der Waals surface area contributed by atoms with Crippen LogP contribution in [0.4, 0.5) is 18.9 Å². The van der Waals surface area contributed by atoms with Crippen molar-refractivity contribution >= 4 is 23.5 Å². The minimum absolute atomic E-state index is 0.0375. The molecule has 0 saturated carbocycles. The van der Waals surface area contributed by atoms with Crippen LogP contribution in [0.3, 0.4) is 0 Å². The molecule has 0 unspecified atom stereocenters. The Morgan fingerprint density at radius 1 is 1.10 bits per heavy atom. The highest BCUT2D eigenvalue weighted by Crippen LogP contribution is 2.29. The molecule has 0 aliphatic heterocycles. The number of nitrogens with one attached hydrogen (secondary N) is 1. The van der Waals surface area contributed by atoms with Crippen LogP contribution in [0.5, 0.6) is 5.75 Å². The lowest BCUT2D eigenvalue weighted by molar-refractivity contribution is -0.137. The lowest BCUT2D eigenvalue weighted by atomic mass is 10.2. The first kappa shape index (κ1) is 15.2. The van der Waals surface area contributed by atoms with Gasteiger partial charge in [0.2, 0.25) is 0 Å². The zero-order valence-electron chi connectivity index (χ0n) is 10.5. The number of phenols is 1. The zero-order valence-corrected chi connectivity index (χ0v) is 11.3. The average molecular weight is 315 g/mol. The molecule has 0 spiro atoms. The van der Waals surface area contributed by atoms with Crippen molar-refractivity contribution in [3.05, 3.63) is 58.6 Å². The van der Waals surface area contributed by atoms with Crippen molar-refractivity contribution in [1.82, 2.24) is 0 Å². The van der Waals surface area contributed by atoms with Crippen molar-refractivity contribution in [3.63, 3.8) is 0 Å². The van der Waals surface area contributed by atoms with Gasteiger partial charge >= 0.3 is 6.18 Å². The van der Waals surface area contributed by atoms with Gasteiger partial charge in [-0.05, 0) is 48.0 Å². The van der Waals surface area contributed by atoms with Crippen LogP contribution in [0, 0.1) is 0 Å². The Balaban J connectivity index is 2.02. The number of anilines is 1. The van der Waals surface area contributed by atoms with Gasteiger partial charge in [-0.3, -0.25) is 5.43 Å². The Labute approximate surface area is 123 Å². The average Bonchev–Trinajstić information content (AvgIpc) is 2.42. The summed E-state index contributed by atoms with van der Waals surface area (Å²) in [7, 11) is 0. The molecule has 2 aromatic rings. The molecule has 0 amide bonds. The molecule has 3 nitrogen and oxygen atoms in total. The van der Waals surface area contributed by atoms with Gasteiger partial charge in [0.1, 0.15) is 5.75 Å². The van der Waals surface area contributed by atoms with Crippen LogP contribution < -0.4 is 5.43 Å². The standard InChI is InChI=1S/C14H10ClF3N2O/c15-12-7-9(1-6-13(12)21)8-19-20-11-4-2-10(3-5-11)14(16,17)18/h1-8,20-21H. The molecule has 0 bridgehead atoms. The van der Waals surface area contributed by atoms with E-state index < -0.39 is 11.7 Å². The lowest BCUT2D eigenvalue weighted by Crippen LogP contribution is -2.04. The summed E-state index contributed by atoms with van der Waals surface area (Å²) < 4.78 is 37.1. The smallest absolute Gasteiger partial charge is 0.416 e. The van der Waals surface area contributed by atoms with Gasteiger partial charge < -0.3 is 5.11 Å². The highest BCUT2D eigenvalue weighted by molar-refractivity contribution is 6.32. The van der Waals surface area contributed by atoms with Crippen molar-refractivity contribution in [2.24, 2.45) is 5.10 Å². The molecule has 0 saturated heterocycles. The quantitative estimate of drug-likeness (QED) is 0.646. The summed E-state index contributed by atoms with van der Waals surface area (Å²) in [6.45, 7) is 0. The maximum atomic E-state index is 12.4. The third-order valence-corrected chi connectivity index (χ3v) is 2.89. The predicted octanol–water partition coefficient (Wildman–Crippen LogP) is 4.51. The largest absolute Gasteiger partial charge is 0.506 e. The third-order valence-electron chi connectivity index (χ3n) is 2.59. The van der Waals surface area contributed by atoms with E-state index in [4.69, 9.17) is 11.6 Å². The first-order valence-corrected chi connectivity index (χ1v) is 6.19. The molecule has 2 rings (SSSR count). The Hall–Kier alpha value is -2.21. The van der Waals surface area contributed by atoms with E-state index in [1.54, 1.807) is 6.07 Å². The van der Waals surface area contributed by atoms with Crippen molar-refractivity contribution in [3.8, 4) is 5.75 Å². The minimum Gasteiger partial charge on any atom is -0.506 e. The summed E-state index contributed by atoms with van der Waals surface area (Å²) in [5.74, 6) is -0.0375. The molecular weight excluding hydrogens is 305 g/mol. The number of aromatic hydroxyl groups is 1. The Kier molecular flexibility index (Phi) is 4.37. The van der Waals surface area contributed by atoms with Crippen molar-refractivity contribution < 1.29 is 18.3 Å². The van der Waals surface area contributed by atoms with E-state index in [0.717, 1.165) is 12.1 Å². The first-order chi connectivity index (χ1) is 9.86. The molecule has 0 atom stereocenters. The van der Waals surface area contributed by atoms with Crippen LogP contribution in [-0.4, -0.2) is 11.3 Å². The summed E-state index contributed by atoms with van der Waals surface area (Å²) in [5, 5.41) is 13.3. The van der Waals surface area contributed by atoms with Crippen LogP contribution in [0.25, 0.3) is 0 Å². The summed E-state index contributed by atoms with van der Waals surface area (Å²) in [6.07, 6.45) is -2.92. The van der Waals surface area contributed by atoms with Gasteiger partial charge in [-0.25, -0.2) is 0 Å². The summed E-state index contributed by atoms with van der Waals surface area (Å²) in [4.78, 5) is 0.